The number of cyclic esters (lactones) is 1. The lowest BCUT2D eigenvalue weighted by molar-refractivity contribution is -0.339. The fourth-order valence-electron chi connectivity index (χ4n) is 14.7. The minimum Gasteiger partial charge on any atom is -0.504 e. The van der Waals surface area contributed by atoms with Crippen LogP contribution in [0.25, 0.3) is 11.1 Å². The average Bonchev–Trinajstić information content (AvgIpc) is 1.41. The summed E-state index contributed by atoms with van der Waals surface area (Å²) in [7, 11) is 0. The minimum absolute atomic E-state index is 0.0408. The standard InChI is InChI=1S/C82H58O53/c83-27-1-18(2-28(84)50(27)97)69(109)122-16-43-64(128-70(110)19-3-29(85)51(98)30(86)4-19)67(131-71(111)20-5-31(87)52(99)32(88)6-20)68(80(127-43)134-73(113)22-9-35(91)54(101)36(92)10-22)132-77(117)26-12-38(94)56(103)61(108)62(26)124-41-13-24-46(60(107)58(41)105)45-23(11-37(93)55(102)59(45)106)75(115)130-66-48-78(118)125-40-15-39(95)57(104)65-47(40)49-25(14-44(96)82(121,135-65)81(49,119)120)76(116)129-63(66)42(17-123-74(24)114)126-79(48)133-72(112)21-7-33(89)53(100)34(90)8-21/h1-15,42-43,48-49,63-64,66-68,79-80,83-95,97-108,119-121H,16-17H2. The van der Waals surface area contributed by atoms with Gasteiger partial charge in [0, 0.05) is 29.3 Å². The number of ketones is 1. The van der Waals surface area contributed by atoms with Crippen molar-refractivity contribution in [2.24, 2.45) is 5.92 Å². The highest BCUT2D eigenvalue weighted by atomic mass is 16.8. The Morgan fingerprint density at radius 2 is 0.800 bits per heavy atom. The van der Waals surface area contributed by atoms with Crippen molar-refractivity contribution in [3.05, 3.63) is 147 Å². The van der Waals surface area contributed by atoms with Gasteiger partial charge in [-0.2, -0.15) is 0 Å². The van der Waals surface area contributed by atoms with Crippen LogP contribution in [0.1, 0.15) is 94.3 Å². The van der Waals surface area contributed by atoms with E-state index >= 15 is 24.0 Å². The third-order valence-corrected chi connectivity index (χ3v) is 21.3. The van der Waals surface area contributed by atoms with Crippen LogP contribution in [-0.2, 0) is 66.5 Å². The van der Waals surface area contributed by atoms with Gasteiger partial charge >= 0.3 is 65.5 Å². The third-order valence-electron chi connectivity index (χ3n) is 21.3. The van der Waals surface area contributed by atoms with Crippen LogP contribution in [0.15, 0.2) is 96.6 Å². The van der Waals surface area contributed by atoms with Gasteiger partial charge in [-0.05, 0) is 72.8 Å². The molecule has 12 atom stereocenters. The van der Waals surface area contributed by atoms with Gasteiger partial charge in [-0.15, -0.1) is 0 Å². The monoisotopic (exact) mass is 1890 g/mol. The lowest BCUT2D eigenvalue weighted by atomic mass is 9.71. The van der Waals surface area contributed by atoms with Gasteiger partial charge in [-0.3, -0.25) is 9.59 Å². The van der Waals surface area contributed by atoms with Crippen LogP contribution in [0.2, 0.25) is 0 Å². The summed E-state index contributed by atoms with van der Waals surface area (Å²) in [6, 6.07) is 4.58. The molecule has 0 saturated carbocycles. The Morgan fingerprint density at radius 1 is 0.385 bits per heavy atom. The van der Waals surface area contributed by atoms with Gasteiger partial charge < -0.3 is 209 Å². The van der Waals surface area contributed by atoms with E-state index in [0.29, 0.717) is 66.7 Å². The number of aromatic hydroxyl groups is 25. The summed E-state index contributed by atoms with van der Waals surface area (Å²) in [5.74, 6) is -79.0. The van der Waals surface area contributed by atoms with Crippen molar-refractivity contribution < 1.29 is 262 Å². The molecule has 0 spiro atoms. The number of fused-ring (bicyclic) bond motifs is 4. The second-order valence-electron chi connectivity index (χ2n) is 29.6. The topological polar surface area (TPSA) is 883 Å². The summed E-state index contributed by atoms with van der Waals surface area (Å²) in [5, 5.41) is 307. The molecule has 53 heteroatoms. The summed E-state index contributed by atoms with van der Waals surface area (Å²) >= 11 is 0. The van der Waals surface area contributed by atoms with Gasteiger partial charge in [0.2, 0.25) is 53.2 Å². The fourth-order valence-corrected chi connectivity index (χ4v) is 14.7. The molecule has 9 aromatic rings. The van der Waals surface area contributed by atoms with Crippen LogP contribution >= 0.6 is 0 Å². The largest absolute Gasteiger partial charge is 0.504 e. The van der Waals surface area contributed by atoms with Gasteiger partial charge in [0.05, 0.1) is 56.0 Å². The molecule has 6 aliphatic rings. The number of hydrogen-bond acceptors (Lipinski definition) is 53. The number of rotatable bonds is 15. The number of phenolic OH excluding ortho intramolecular Hbond substituents is 25. The van der Waals surface area contributed by atoms with Crippen LogP contribution < -0.4 is 14.2 Å². The quantitative estimate of drug-likeness (QED) is 0.0224. The van der Waals surface area contributed by atoms with E-state index in [1.165, 1.54) is 0 Å². The second kappa shape index (κ2) is 33.2. The molecule has 704 valence electrons. The van der Waals surface area contributed by atoms with Crippen molar-refractivity contribution in [1.82, 2.24) is 0 Å². The Labute approximate surface area is 741 Å². The second-order valence-corrected chi connectivity index (χ2v) is 29.6. The molecule has 0 radical (unpaired) electrons. The number of esters is 10. The molecule has 12 unspecified atom stereocenters. The van der Waals surface area contributed by atoms with Crippen molar-refractivity contribution >= 4 is 65.5 Å². The predicted octanol–water partition coefficient (Wildman–Crippen LogP) is 0.981. The molecule has 1 aliphatic carbocycles. The number of aliphatic hydroxyl groups is 3. The summed E-state index contributed by atoms with van der Waals surface area (Å²) in [6.45, 7) is -3.30. The number of ether oxygens (including phenoxy) is 14. The lowest BCUT2D eigenvalue weighted by Crippen LogP contribution is -2.70. The smallest absolute Gasteiger partial charge is 0.342 e. The minimum atomic E-state index is -4.19. The van der Waals surface area contributed by atoms with Crippen LogP contribution in [0, 0.1) is 5.92 Å². The Morgan fingerprint density at radius 3 is 1.30 bits per heavy atom. The predicted molar refractivity (Wildman–Crippen MR) is 412 cm³/mol. The normalized spacial score (nSPS) is 21.8. The van der Waals surface area contributed by atoms with Gasteiger partial charge in [-0.25, -0.2) is 43.2 Å². The van der Waals surface area contributed by atoms with E-state index < -0.39 is 391 Å². The first-order valence-corrected chi connectivity index (χ1v) is 37.5. The fraction of sp³-hybridized carbons (Fsp3) is 0.183. The SMILES string of the molecule is O=C1OC2C3COC(=O)c4cc(Oc5c(C(=O)OC6C(OC(=O)c7cc(O)c(O)c(O)c7)OC(COC(=O)c7cc(O)c(O)c(O)c7)C(OC(=O)c7cc(O)c(O)c(O)c7)C6OC(=O)c6cc(O)c(O)c(O)c6)cc(O)c(O)c5O)c(O)c(O)c4-c4c(cc(O)c(O)c4O)C(=O)OC2C(C(=O)Oc2cc(O)c(O)c4c2C2C1=CC(=O)C(O)(O4)C2(O)O)C(OC(=O)c1cc(O)c(O)c(O)c1)O3. The van der Waals surface area contributed by atoms with Gasteiger partial charge in [-0.1, -0.05) is 0 Å². The molecular weight excluding hydrogens is 1830 g/mol. The molecule has 2 saturated heterocycles. The van der Waals surface area contributed by atoms with E-state index in [-0.39, 0.29) is 24.3 Å². The Balaban J connectivity index is 0.875. The molecular formula is C82H58O53. The summed E-state index contributed by atoms with van der Waals surface area (Å²) in [5.41, 5.74) is -15.5. The van der Waals surface area contributed by atoms with Crippen LogP contribution in [-0.4, -0.2) is 289 Å². The van der Waals surface area contributed by atoms with E-state index in [2.05, 4.69) is 0 Å². The van der Waals surface area contributed by atoms with Crippen LogP contribution in [0.4, 0.5) is 0 Å². The molecule has 0 amide bonds. The number of phenols is 25. The molecule has 5 aliphatic heterocycles. The zero-order chi connectivity index (χ0) is 98.3. The average molecular weight is 1890 g/mol. The third kappa shape index (κ3) is 15.5. The van der Waals surface area contributed by atoms with E-state index in [9.17, 15) is 172 Å². The molecule has 5 heterocycles. The zero-order valence-corrected chi connectivity index (χ0v) is 66.2. The highest BCUT2D eigenvalue weighted by Crippen LogP contribution is 2.62. The van der Waals surface area contributed by atoms with Gasteiger partial charge in [0.15, 0.2) is 163 Å². The molecule has 6 bridgehead atoms. The van der Waals surface area contributed by atoms with Crippen molar-refractivity contribution in [2.45, 2.75) is 72.8 Å². The van der Waals surface area contributed by atoms with Crippen molar-refractivity contribution in [3.63, 3.8) is 0 Å². The molecule has 0 aromatic heterocycles. The number of carbonyl (C=O) groups is 11. The lowest BCUT2D eigenvalue weighted by Gasteiger charge is -2.49. The van der Waals surface area contributed by atoms with E-state index in [4.69, 9.17) is 66.3 Å². The van der Waals surface area contributed by atoms with Gasteiger partial charge in [0.1, 0.15) is 36.7 Å². The van der Waals surface area contributed by atoms with Crippen LogP contribution in [0.3, 0.4) is 0 Å². The van der Waals surface area contributed by atoms with E-state index in [1.54, 1.807) is 0 Å². The molecule has 15 rings (SSSR count). The first-order valence-electron chi connectivity index (χ1n) is 37.5. The van der Waals surface area contributed by atoms with Crippen molar-refractivity contribution in [2.75, 3.05) is 13.2 Å². The number of benzene rings is 9. The van der Waals surface area contributed by atoms with Gasteiger partial charge in [0.25, 0.3) is 5.79 Å². The maximum Gasteiger partial charge on any atom is 0.342 e. The first-order chi connectivity index (χ1) is 63.4. The van der Waals surface area contributed by atoms with Crippen molar-refractivity contribution in [1.29, 1.82) is 0 Å². The summed E-state index contributed by atoms with van der Waals surface area (Å²) < 4.78 is 79.5. The molecule has 9 aromatic carbocycles. The highest BCUT2D eigenvalue weighted by Gasteiger charge is 2.71. The maximum atomic E-state index is 15.7. The molecule has 28 N–H and O–H groups in total. The zero-order valence-electron chi connectivity index (χ0n) is 66.2. The Hall–Kier alpha value is -18.5. The Kier molecular flexibility index (Phi) is 22.4. The maximum absolute atomic E-state index is 15.7. The van der Waals surface area contributed by atoms with E-state index in [1.807, 2.05) is 0 Å². The van der Waals surface area contributed by atoms with E-state index in [0.717, 1.165) is 0 Å². The van der Waals surface area contributed by atoms with Crippen molar-refractivity contribution in [3.8, 4) is 178 Å². The highest BCUT2D eigenvalue weighted by molar-refractivity contribution is 6.10. The first kappa shape index (κ1) is 91.2. The molecule has 135 heavy (non-hydrogen) atoms. The van der Waals surface area contributed by atoms with Crippen LogP contribution in [0.5, 0.6) is 167 Å². The molecule has 53 nitrogen and oxygen atoms in total. The summed E-state index contributed by atoms with van der Waals surface area (Å²) in [6.07, 6.45) is -25.9. The Bertz CT molecular complexity index is 6630. The summed E-state index contributed by atoms with van der Waals surface area (Å²) in [4.78, 5) is 163. The molecule has 2 fully saturated rings. The number of carbonyl (C=O) groups excluding carboxylic acids is 11. The number of hydrogen-bond donors (Lipinski definition) is 28.